The maximum Gasteiger partial charge on any atom is 0.0546 e. The zero-order valence-corrected chi connectivity index (χ0v) is 33.8. The quantitative estimate of drug-likeness (QED) is 0.146. The van der Waals surface area contributed by atoms with Crippen LogP contribution in [0.5, 0.6) is 0 Å². The lowest BCUT2D eigenvalue weighted by Crippen LogP contribution is -2.14. The molecule has 0 atom stereocenters. The molecule has 0 aliphatic heterocycles. The maximum absolute atomic E-state index is 2.46. The highest BCUT2D eigenvalue weighted by atomic mass is 15.1. The fourth-order valence-electron chi connectivity index (χ4n) is 9.69. The number of fused-ring (bicyclic) bond motifs is 6. The molecule has 0 amide bonds. The third kappa shape index (κ3) is 5.93. The van der Waals surface area contributed by atoms with Crippen LogP contribution in [0.2, 0.25) is 0 Å². The van der Waals surface area contributed by atoms with Crippen LogP contribution in [-0.2, 0) is 5.41 Å². The number of rotatable bonds is 7. The molecule has 60 heavy (non-hydrogen) atoms. The summed E-state index contributed by atoms with van der Waals surface area (Å²) in [5, 5.41) is 4.97. The lowest BCUT2D eigenvalue weighted by atomic mass is 9.81. The molecule has 0 spiro atoms. The molecule has 0 bridgehead atoms. The zero-order valence-electron chi connectivity index (χ0n) is 33.8. The molecule has 0 aromatic heterocycles. The summed E-state index contributed by atoms with van der Waals surface area (Å²) in [5.41, 5.74) is 18.3. The lowest BCUT2D eigenvalue weighted by molar-refractivity contribution is 0.660. The highest BCUT2D eigenvalue weighted by molar-refractivity contribution is 6.09. The topological polar surface area (TPSA) is 3.24 Å². The summed E-state index contributed by atoms with van der Waals surface area (Å²) >= 11 is 0. The fourth-order valence-corrected chi connectivity index (χ4v) is 9.69. The minimum atomic E-state index is -0.0592. The van der Waals surface area contributed by atoms with E-state index in [2.05, 4.69) is 243 Å². The average Bonchev–Trinajstić information content (AvgIpc) is 3.54. The molecule has 10 aromatic rings. The van der Waals surface area contributed by atoms with Crippen LogP contribution in [0.25, 0.3) is 77.2 Å². The lowest BCUT2D eigenvalue weighted by Gasteiger charge is -2.30. The SMILES string of the molecule is CC1(C)c2ccccc2-c2ccc(-c3ccc(N(c4ccc5c(ccc6ccccc65)c4)c4cccc(-c5ccccc5)c4-c4ccccc4-c4ccccc4)cc3)cc21. The van der Waals surface area contributed by atoms with E-state index in [0.717, 1.165) is 17.1 Å². The van der Waals surface area contributed by atoms with Crippen molar-refractivity contribution in [2.24, 2.45) is 0 Å². The minimum Gasteiger partial charge on any atom is -0.310 e. The maximum atomic E-state index is 2.46. The van der Waals surface area contributed by atoms with Gasteiger partial charge in [-0.2, -0.15) is 0 Å². The highest BCUT2D eigenvalue weighted by Gasteiger charge is 2.35. The van der Waals surface area contributed by atoms with Gasteiger partial charge < -0.3 is 4.90 Å². The monoisotopic (exact) mass is 765 g/mol. The van der Waals surface area contributed by atoms with Crippen LogP contribution < -0.4 is 4.90 Å². The predicted octanol–water partition coefficient (Wildman–Crippen LogP) is 16.4. The second-order valence-electron chi connectivity index (χ2n) is 16.5. The molecule has 0 saturated carbocycles. The second kappa shape index (κ2) is 14.4. The van der Waals surface area contributed by atoms with Crippen LogP contribution in [0, 0.1) is 0 Å². The summed E-state index contributed by atoms with van der Waals surface area (Å²) in [6.07, 6.45) is 0. The standard InChI is InChI=1S/C59H43N/c1-59(2)55-26-14-13-23-52(55)53-36-32-44(39-56(53)59)40-30-33-46(34-31-40)60(47-35-37-50-45(38-47)29-28-43-20-9-10-21-48(43)50)57-27-15-25-51(42-18-7-4-8-19-42)58(57)54-24-12-11-22-49(54)41-16-5-3-6-17-41/h3-39H,1-2H3. The van der Waals surface area contributed by atoms with Gasteiger partial charge in [0.2, 0.25) is 0 Å². The van der Waals surface area contributed by atoms with Gasteiger partial charge >= 0.3 is 0 Å². The summed E-state index contributed by atoms with van der Waals surface area (Å²) in [7, 11) is 0. The fraction of sp³-hybridized carbons (Fsp3) is 0.0508. The Morgan fingerprint density at radius 1 is 0.317 bits per heavy atom. The Kier molecular flexibility index (Phi) is 8.57. The van der Waals surface area contributed by atoms with Gasteiger partial charge in [-0.05, 0) is 119 Å². The van der Waals surface area contributed by atoms with Crippen LogP contribution in [0.1, 0.15) is 25.0 Å². The molecule has 0 saturated heterocycles. The van der Waals surface area contributed by atoms with Gasteiger partial charge in [0.1, 0.15) is 0 Å². The number of anilines is 3. The van der Waals surface area contributed by atoms with Crippen molar-refractivity contribution >= 4 is 38.6 Å². The van der Waals surface area contributed by atoms with Gasteiger partial charge in [-0.3, -0.25) is 0 Å². The Labute approximate surface area is 352 Å². The van der Waals surface area contributed by atoms with Crippen LogP contribution >= 0.6 is 0 Å². The first-order valence-corrected chi connectivity index (χ1v) is 20.9. The molecule has 0 radical (unpaired) electrons. The Bertz CT molecular complexity index is 3210. The van der Waals surface area contributed by atoms with Gasteiger partial charge in [0.05, 0.1) is 5.69 Å². The van der Waals surface area contributed by atoms with Crippen LogP contribution in [-0.4, -0.2) is 0 Å². The summed E-state index contributed by atoms with van der Waals surface area (Å²) in [6.45, 7) is 4.71. The largest absolute Gasteiger partial charge is 0.310 e. The molecule has 11 rings (SSSR count). The third-order valence-corrected chi connectivity index (χ3v) is 12.7. The average molecular weight is 766 g/mol. The minimum absolute atomic E-state index is 0.0592. The van der Waals surface area contributed by atoms with Crippen LogP contribution in [0.15, 0.2) is 224 Å². The Morgan fingerprint density at radius 2 is 0.883 bits per heavy atom. The molecule has 0 N–H and O–H groups in total. The zero-order chi connectivity index (χ0) is 40.2. The number of benzene rings is 10. The van der Waals surface area contributed by atoms with Crippen molar-refractivity contribution < 1.29 is 0 Å². The van der Waals surface area contributed by atoms with E-state index in [4.69, 9.17) is 0 Å². The normalized spacial score (nSPS) is 12.6. The van der Waals surface area contributed by atoms with E-state index in [1.807, 2.05) is 0 Å². The molecule has 1 aliphatic carbocycles. The predicted molar refractivity (Wildman–Crippen MR) is 255 cm³/mol. The first kappa shape index (κ1) is 35.7. The Hall–Kier alpha value is -7.48. The third-order valence-electron chi connectivity index (χ3n) is 12.7. The number of hydrogen-bond acceptors (Lipinski definition) is 1. The van der Waals surface area contributed by atoms with Gasteiger partial charge in [-0.1, -0.05) is 202 Å². The Balaban J connectivity index is 1.12. The van der Waals surface area contributed by atoms with Crippen molar-refractivity contribution in [1.29, 1.82) is 0 Å². The molecular formula is C59H43N. The van der Waals surface area contributed by atoms with E-state index in [0.29, 0.717) is 0 Å². The highest BCUT2D eigenvalue weighted by Crippen LogP contribution is 2.51. The molecule has 284 valence electrons. The first-order valence-electron chi connectivity index (χ1n) is 20.9. The Morgan fingerprint density at radius 3 is 1.67 bits per heavy atom. The first-order chi connectivity index (χ1) is 29.5. The van der Waals surface area contributed by atoms with E-state index in [1.165, 1.54) is 88.3 Å². The summed E-state index contributed by atoms with van der Waals surface area (Å²) in [4.78, 5) is 2.46. The molecule has 10 aromatic carbocycles. The van der Waals surface area contributed by atoms with Gasteiger partial charge in [0.25, 0.3) is 0 Å². The van der Waals surface area contributed by atoms with Crippen molar-refractivity contribution in [1.82, 2.24) is 0 Å². The van der Waals surface area contributed by atoms with Crippen LogP contribution in [0.3, 0.4) is 0 Å². The summed E-state index contributed by atoms with van der Waals surface area (Å²) < 4.78 is 0. The molecule has 0 unspecified atom stereocenters. The second-order valence-corrected chi connectivity index (χ2v) is 16.5. The van der Waals surface area contributed by atoms with Crippen molar-refractivity contribution in [3.05, 3.63) is 236 Å². The molecule has 0 heterocycles. The van der Waals surface area contributed by atoms with Crippen molar-refractivity contribution in [2.75, 3.05) is 4.90 Å². The molecule has 1 aliphatic rings. The molecule has 1 nitrogen and oxygen atoms in total. The van der Waals surface area contributed by atoms with E-state index >= 15 is 0 Å². The van der Waals surface area contributed by atoms with Crippen molar-refractivity contribution in [3.8, 4) is 55.6 Å². The van der Waals surface area contributed by atoms with Gasteiger partial charge in [0.15, 0.2) is 0 Å². The molecular weight excluding hydrogens is 723 g/mol. The molecule has 0 fully saturated rings. The van der Waals surface area contributed by atoms with E-state index in [1.54, 1.807) is 0 Å². The van der Waals surface area contributed by atoms with E-state index in [-0.39, 0.29) is 5.41 Å². The van der Waals surface area contributed by atoms with Gasteiger partial charge in [-0.25, -0.2) is 0 Å². The summed E-state index contributed by atoms with van der Waals surface area (Å²) in [5.74, 6) is 0. The van der Waals surface area contributed by atoms with Crippen LogP contribution in [0.4, 0.5) is 17.1 Å². The van der Waals surface area contributed by atoms with Crippen molar-refractivity contribution in [2.45, 2.75) is 19.3 Å². The van der Waals surface area contributed by atoms with E-state index in [9.17, 15) is 0 Å². The number of nitrogens with zero attached hydrogens (tertiary/aromatic N) is 1. The molecule has 1 heteroatoms. The summed E-state index contributed by atoms with van der Waals surface area (Å²) in [6, 6.07) is 82.5. The van der Waals surface area contributed by atoms with Gasteiger partial charge in [0, 0.05) is 22.4 Å². The van der Waals surface area contributed by atoms with E-state index < -0.39 is 0 Å². The van der Waals surface area contributed by atoms with Gasteiger partial charge in [-0.15, -0.1) is 0 Å². The number of hydrogen-bond donors (Lipinski definition) is 0. The smallest absolute Gasteiger partial charge is 0.0546 e. The van der Waals surface area contributed by atoms with Crippen molar-refractivity contribution in [3.63, 3.8) is 0 Å².